The molecule has 1 heterocycles. The van der Waals surface area contributed by atoms with Gasteiger partial charge in [0, 0.05) is 24.1 Å². The molecule has 1 atom stereocenters. The molecule has 0 saturated carbocycles. The lowest BCUT2D eigenvalue weighted by atomic mass is 10.1. The van der Waals surface area contributed by atoms with Crippen LogP contribution >= 0.6 is 11.3 Å². The average Bonchev–Trinajstić information content (AvgIpc) is 2.75. The first-order valence-electron chi connectivity index (χ1n) is 6.04. The summed E-state index contributed by atoms with van der Waals surface area (Å²) in [6, 6.07) is 4.70. The van der Waals surface area contributed by atoms with Gasteiger partial charge in [0.2, 0.25) is 0 Å². The van der Waals surface area contributed by atoms with Gasteiger partial charge < -0.3 is 10.1 Å². The highest BCUT2D eigenvalue weighted by Crippen LogP contribution is 2.17. The lowest BCUT2D eigenvalue weighted by Crippen LogP contribution is -2.23. The van der Waals surface area contributed by atoms with E-state index in [0.29, 0.717) is 6.04 Å². The summed E-state index contributed by atoms with van der Waals surface area (Å²) in [4.78, 5) is 1.39. The van der Waals surface area contributed by atoms with E-state index in [1.165, 1.54) is 4.88 Å². The van der Waals surface area contributed by atoms with Gasteiger partial charge in [-0.15, -0.1) is 11.3 Å². The van der Waals surface area contributed by atoms with Crippen LogP contribution < -0.4 is 5.32 Å². The van der Waals surface area contributed by atoms with E-state index in [2.05, 4.69) is 43.6 Å². The number of hydrogen-bond donors (Lipinski definition) is 1. The fourth-order valence-electron chi connectivity index (χ4n) is 1.41. The zero-order chi connectivity index (χ0) is 11.8. The van der Waals surface area contributed by atoms with Gasteiger partial charge in [0.25, 0.3) is 0 Å². The smallest absolute Gasteiger partial charge is 0.0591 e. The van der Waals surface area contributed by atoms with Gasteiger partial charge in [-0.3, -0.25) is 0 Å². The largest absolute Gasteiger partial charge is 0.380 e. The molecule has 0 fully saturated rings. The molecule has 0 spiro atoms. The molecule has 0 radical (unpaired) electrons. The Hall–Kier alpha value is -0.380. The first-order chi connectivity index (χ1) is 7.70. The van der Waals surface area contributed by atoms with E-state index in [1.54, 1.807) is 11.3 Å². The van der Waals surface area contributed by atoms with Crippen LogP contribution in [0.5, 0.6) is 0 Å². The normalized spacial score (nSPS) is 13.2. The molecule has 1 rings (SSSR count). The van der Waals surface area contributed by atoms with E-state index in [0.717, 1.165) is 32.1 Å². The van der Waals surface area contributed by atoms with Crippen molar-refractivity contribution < 1.29 is 4.74 Å². The summed E-state index contributed by atoms with van der Waals surface area (Å²) < 4.78 is 5.55. The maximum atomic E-state index is 5.55. The van der Waals surface area contributed by atoms with Crippen LogP contribution in [0.1, 0.15) is 38.1 Å². The van der Waals surface area contributed by atoms with E-state index >= 15 is 0 Å². The minimum Gasteiger partial charge on any atom is -0.380 e. The van der Waals surface area contributed by atoms with Crippen molar-refractivity contribution in [3.63, 3.8) is 0 Å². The predicted molar refractivity (Wildman–Crippen MR) is 71.0 cm³/mol. The second kappa shape index (κ2) is 7.82. The lowest BCUT2D eigenvalue weighted by molar-refractivity contribution is 0.124. The summed E-state index contributed by atoms with van der Waals surface area (Å²) >= 11 is 1.80. The highest BCUT2D eigenvalue weighted by atomic mass is 32.1. The Morgan fingerprint density at radius 3 is 2.75 bits per heavy atom. The Morgan fingerprint density at radius 2 is 2.12 bits per heavy atom. The van der Waals surface area contributed by atoms with E-state index in [9.17, 15) is 0 Å². The standard InChI is InChI=1S/C13H23NOS/c1-11(2)6-8-15-9-7-14-12(3)13-5-4-10-16-13/h4-5,10-12,14H,6-9H2,1-3H3. The van der Waals surface area contributed by atoms with Crippen LogP contribution in [0.2, 0.25) is 0 Å². The predicted octanol–water partition coefficient (Wildman–Crippen LogP) is 3.46. The molecule has 0 aliphatic heterocycles. The van der Waals surface area contributed by atoms with Crippen molar-refractivity contribution >= 4 is 11.3 Å². The zero-order valence-electron chi connectivity index (χ0n) is 10.5. The number of nitrogens with one attached hydrogen (secondary N) is 1. The Morgan fingerprint density at radius 1 is 1.31 bits per heavy atom. The second-order valence-corrected chi connectivity index (χ2v) is 5.47. The number of ether oxygens (including phenoxy) is 1. The van der Waals surface area contributed by atoms with Crippen LogP contribution in [-0.2, 0) is 4.74 Å². The number of thiophene rings is 1. The maximum absolute atomic E-state index is 5.55. The van der Waals surface area contributed by atoms with E-state index in [-0.39, 0.29) is 0 Å². The van der Waals surface area contributed by atoms with Crippen molar-refractivity contribution in [2.45, 2.75) is 33.2 Å². The molecular formula is C13H23NOS. The van der Waals surface area contributed by atoms with Crippen LogP contribution in [0.15, 0.2) is 17.5 Å². The minimum absolute atomic E-state index is 0.439. The molecule has 1 aromatic rings. The highest BCUT2D eigenvalue weighted by molar-refractivity contribution is 7.10. The molecule has 16 heavy (non-hydrogen) atoms. The fraction of sp³-hybridized carbons (Fsp3) is 0.692. The van der Waals surface area contributed by atoms with Crippen LogP contribution in [0.3, 0.4) is 0 Å². The maximum Gasteiger partial charge on any atom is 0.0591 e. The van der Waals surface area contributed by atoms with E-state index < -0.39 is 0 Å². The van der Waals surface area contributed by atoms with Crippen LogP contribution in [0, 0.1) is 5.92 Å². The summed E-state index contributed by atoms with van der Waals surface area (Å²) in [5, 5.41) is 5.58. The van der Waals surface area contributed by atoms with Crippen molar-refractivity contribution in [1.82, 2.24) is 5.32 Å². The molecule has 3 heteroatoms. The molecule has 0 aromatic carbocycles. The summed E-state index contributed by atoms with van der Waals surface area (Å²) in [5.41, 5.74) is 0. The Labute approximate surface area is 103 Å². The Bertz CT molecular complexity index is 259. The molecule has 0 saturated heterocycles. The van der Waals surface area contributed by atoms with Gasteiger partial charge in [0.05, 0.1) is 6.61 Å². The molecule has 2 nitrogen and oxygen atoms in total. The summed E-state index contributed by atoms with van der Waals surface area (Å²) in [5.74, 6) is 0.734. The third-order valence-corrected chi connectivity index (χ3v) is 3.56. The molecule has 1 N–H and O–H groups in total. The van der Waals surface area contributed by atoms with Crippen LogP contribution in [0.25, 0.3) is 0 Å². The van der Waals surface area contributed by atoms with Gasteiger partial charge >= 0.3 is 0 Å². The first kappa shape index (κ1) is 13.7. The fourth-order valence-corrected chi connectivity index (χ4v) is 2.17. The topological polar surface area (TPSA) is 21.3 Å². The molecule has 1 aromatic heterocycles. The lowest BCUT2D eigenvalue weighted by Gasteiger charge is -2.12. The third-order valence-electron chi connectivity index (χ3n) is 2.51. The molecular weight excluding hydrogens is 218 g/mol. The number of hydrogen-bond acceptors (Lipinski definition) is 3. The SMILES string of the molecule is CC(C)CCOCCNC(C)c1cccs1. The van der Waals surface area contributed by atoms with Gasteiger partial charge in [-0.25, -0.2) is 0 Å². The van der Waals surface area contributed by atoms with Crippen molar-refractivity contribution in [1.29, 1.82) is 0 Å². The minimum atomic E-state index is 0.439. The van der Waals surface area contributed by atoms with Gasteiger partial charge in [0.1, 0.15) is 0 Å². The van der Waals surface area contributed by atoms with Gasteiger partial charge in [-0.2, -0.15) is 0 Å². The van der Waals surface area contributed by atoms with Gasteiger partial charge in [-0.05, 0) is 30.7 Å². The van der Waals surface area contributed by atoms with Gasteiger partial charge in [-0.1, -0.05) is 19.9 Å². The quantitative estimate of drug-likeness (QED) is 0.704. The van der Waals surface area contributed by atoms with Crippen molar-refractivity contribution in [2.75, 3.05) is 19.8 Å². The summed E-state index contributed by atoms with van der Waals surface area (Å²) in [7, 11) is 0. The van der Waals surface area contributed by atoms with Crippen molar-refractivity contribution in [2.24, 2.45) is 5.92 Å². The summed E-state index contributed by atoms with van der Waals surface area (Å²) in [6.07, 6.45) is 1.15. The first-order valence-corrected chi connectivity index (χ1v) is 6.92. The zero-order valence-corrected chi connectivity index (χ0v) is 11.3. The molecule has 0 amide bonds. The Balaban J connectivity index is 1.99. The summed E-state index contributed by atoms with van der Waals surface area (Å²) in [6.45, 7) is 9.26. The molecule has 0 bridgehead atoms. The molecule has 0 aliphatic carbocycles. The van der Waals surface area contributed by atoms with E-state index in [1.807, 2.05) is 0 Å². The average molecular weight is 241 g/mol. The third kappa shape index (κ3) is 5.64. The van der Waals surface area contributed by atoms with Crippen LogP contribution in [-0.4, -0.2) is 19.8 Å². The molecule has 0 aliphatic rings. The monoisotopic (exact) mass is 241 g/mol. The Kier molecular flexibility index (Phi) is 6.69. The highest BCUT2D eigenvalue weighted by Gasteiger charge is 2.04. The molecule has 92 valence electrons. The molecule has 1 unspecified atom stereocenters. The number of rotatable bonds is 8. The van der Waals surface area contributed by atoms with Crippen LogP contribution in [0.4, 0.5) is 0 Å². The van der Waals surface area contributed by atoms with E-state index in [4.69, 9.17) is 4.74 Å². The van der Waals surface area contributed by atoms with Crippen molar-refractivity contribution in [3.8, 4) is 0 Å². The van der Waals surface area contributed by atoms with Gasteiger partial charge in [0.15, 0.2) is 0 Å². The second-order valence-electron chi connectivity index (χ2n) is 4.49. The van der Waals surface area contributed by atoms with Crippen molar-refractivity contribution in [3.05, 3.63) is 22.4 Å².